The van der Waals surface area contributed by atoms with E-state index < -0.39 is 30.7 Å². The first-order chi connectivity index (χ1) is 9.64. The second-order valence-electron chi connectivity index (χ2n) is 4.76. The molecule has 2 aliphatic rings. The van der Waals surface area contributed by atoms with Gasteiger partial charge in [-0.05, 0) is 19.3 Å². The van der Waals surface area contributed by atoms with Crippen LogP contribution >= 0.6 is 0 Å². The zero-order chi connectivity index (χ0) is 15.7. The van der Waals surface area contributed by atoms with Crippen LogP contribution in [0.15, 0.2) is 0 Å². The van der Waals surface area contributed by atoms with Crippen molar-refractivity contribution >= 4 is 0 Å². The minimum atomic E-state index is -5.80. The Kier molecular flexibility index (Phi) is 4.72. The van der Waals surface area contributed by atoms with Gasteiger partial charge in [-0.3, -0.25) is 4.74 Å². The Morgan fingerprint density at radius 1 is 0.857 bits per heavy atom. The van der Waals surface area contributed by atoms with Crippen molar-refractivity contribution in [3.8, 4) is 0 Å². The van der Waals surface area contributed by atoms with E-state index in [9.17, 15) is 26.3 Å². The fourth-order valence-corrected chi connectivity index (χ4v) is 2.04. The number of hydrogen-bond donors (Lipinski definition) is 0. The maximum Gasteiger partial charge on any atom is 0.478 e. The van der Waals surface area contributed by atoms with Crippen molar-refractivity contribution in [2.75, 3.05) is 13.2 Å². The summed E-state index contributed by atoms with van der Waals surface area (Å²) in [4.78, 5) is 0. The van der Waals surface area contributed by atoms with Gasteiger partial charge in [0.15, 0.2) is 6.29 Å². The van der Waals surface area contributed by atoms with Crippen LogP contribution in [0.3, 0.4) is 0 Å². The molecule has 10 heteroatoms. The Morgan fingerprint density at radius 3 is 1.95 bits per heavy atom. The van der Waals surface area contributed by atoms with Crippen molar-refractivity contribution in [2.24, 2.45) is 0 Å². The Morgan fingerprint density at radius 2 is 1.48 bits per heavy atom. The highest BCUT2D eigenvalue weighted by atomic mass is 19.4. The van der Waals surface area contributed by atoms with E-state index in [1.165, 1.54) is 0 Å². The summed E-state index contributed by atoms with van der Waals surface area (Å²) in [6.07, 6.45) is -13.5. The van der Waals surface area contributed by atoms with Crippen LogP contribution in [0.2, 0.25) is 0 Å². The molecule has 0 radical (unpaired) electrons. The predicted molar refractivity (Wildman–Crippen MR) is 55.0 cm³/mol. The van der Waals surface area contributed by atoms with Gasteiger partial charge in [0.1, 0.15) is 6.10 Å². The van der Waals surface area contributed by atoms with E-state index in [1.54, 1.807) is 0 Å². The third kappa shape index (κ3) is 3.79. The molecule has 0 aromatic heterocycles. The topological polar surface area (TPSA) is 36.9 Å². The zero-order valence-electron chi connectivity index (χ0n) is 10.8. The third-order valence-corrected chi connectivity index (χ3v) is 3.08. The van der Waals surface area contributed by atoms with E-state index >= 15 is 0 Å². The van der Waals surface area contributed by atoms with Crippen LogP contribution in [0.5, 0.6) is 0 Å². The molecule has 0 bridgehead atoms. The summed E-state index contributed by atoms with van der Waals surface area (Å²) in [5.74, 6) is 0. The van der Waals surface area contributed by atoms with Crippen LogP contribution in [-0.2, 0) is 18.9 Å². The smallest absolute Gasteiger partial charge is 0.369 e. The standard InChI is InChI=1S/C11H14F6O4/c12-9(13,7-3-1-5-18-7)21-11(17,10(14,15)16)20-8-4-2-6-19-8/h7-8H,1-6H2. The van der Waals surface area contributed by atoms with Crippen LogP contribution in [0.25, 0.3) is 0 Å². The molecule has 0 aromatic rings. The highest BCUT2D eigenvalue weighted by Crippen LogP contribution is 2.44. The lowest BCUT2D eigenvalue weighted by molar-refractivity contribution is -0.517. The summed E-state index contributed by atoms with van der Waals surface area (Å²) in [6.45, 7) is 0.00223. The van der Waals surface area contributed by atoms with Crippen LogP contribution in [0.4, 0.5) is 26.3 Å². The van der Waals surface area contributed by atoms with Gasteiger partial charge in [0.2, 0.25) is 0 Å². The molecule has 0 saturated carbocycles. The van der Waals surface area contributed by atoms with Crippen molar-refractivity contribution in [1.29, 1.82) is 0 Å². The summed E-state index contributed by atoms with van der Waals surface area (Å²) >= 11 is 0. The molecule has 0 aromatic carbocycles. The van der Waals surface area contributed by atoms with Crippen molar-refractivity contribution < 1.29 is 45.3 Å². The van der Waals surface area contributed by atoms with E-state index in [2.05, 4.69) is 18.9 Å². The van der Waals surface area contributed by atoms with Crippen LogP contribution in [0.1, 0.15) is 25.7 Å². The van der Waals surface area contributed by atoms with E-state index in [0.29, 0.717) is 6.42 Å². The average molecular weight is 324 g/mol. The summed E-state index contributed by atoms with van der Waals surface area (Å²) in [5, 5.41) is 0. The largest absolute Gasteiger partial charge is 0.478 e. The van der Waals surface area contributed by atoms with E-state index in [1.807, 2.05) is 0 Å². The summed E-state index contributed by atoms with van der Waals surface area (Å²) < 4.78 is 95.9. The number of hydrogen-bond acceptors (Lipinski definition) is 4. The molecule has 2 fully saturated rings. The fraction of sp³-hybridized carbons (Fsp3) is 1.00. The zero-order valence-corrected chi connectivity index (χ0v) is 10.8. The minimum absolute atomic E-state index is 0.0450. The highest BCUT2D eigenvalue weighted by molar-refractivity contribution is 4.79. The monoisotopic (exact) mass is 324 g/mol. The van der Waals surface area contributed by atoms with Gasteiger partial charge in [-0.25, -0.2) is 4.74 Å². The van der Waals surface area contributed by atoms with E-state index in [4.69, 9.17) is 0 Å². The second kappa shape index (κ2) is 5.90. The van der Waals surface area contributed by atoms with Gasteiger partial charge in [-0.2, -0.15) is 26.3 Å². The van der Waals surface area contributed by atoms with Crippen molar-refractivity contribution in [1.82, 2.24) is 0 Å². The highest BCUT2D eigenvalue weighted by Gasteiger charge is 2.66. The van der Waals surface area contributed by atoms with Crippen LogP contribution in [0, 0.1) is 0 Å². The molecule has 3 unspecified atom stereocenters. The van der Waals surface area contributed by atoms with Crippen molar-refractivity contribution in [2.45, 2.75) is 56.4 Å². The lowest BCUT2D eigenvalue weighted by atomic mass is 10.2. The molecule has 0 aliphatic carbocycles. The van der Waals surface area contributed by atoms with Gasteiger partial charge in [-0.15, -0.1) is 0 Å². The van der Waals surface area contributed by atoms with Gasteiger partial charge in [0.05, 0.1) is 0 Å². The number of alkyl halides is 6. The normalized spacial score (nSPS) is 30.6. The lowest BCUT2D eigenvalue weighted by Gasteiger charge is -2.34. The first kappa shape index (κ1) is 16.8. The molecule has 4 nitrogen and oxygen atoms in total. The molecule has 2 aliphatic heterocycles. The Bertz CT molecular complexity index is 351. The molecular weight excluding hydrogens is 310 g/mol. The van der Waals surface area contributed by atoms with Crippen LogP contribution in [-0.4, -0.2) is 43.9 Å². The maximum absolute atomic E-state index is 13.9. The number of rotatable bonds is 5. The number of halogens is 6. The summed E-state index contributed by atoms with van der Waals surface area (Å²) in [5.41, 5.74) is 0. The molecule has 21 heavy (non-hydrogen) atoms. The molecular formula is C11H14F6O4. The van der Waals surface area contributed by atoms with E-state index in [0.717, 1.165) is 0 Å². The Balaban J connectivity index is 2.11. The third-order valence-electron chi connectivity index (χ3n) is 3.08. The molecule has 0 amide bonds. The SMILES string of the molecule is FC(F)(OC(F)(OC1CCCO1)C(F)(F)F)C1CCCO1. The molecule has 0 spiro atoms. The van der Waals surface area contributed by atoms with E-state index in [-0.39, 0.29) is 32.5 Å². The Labute approximate surface area is 116 Å². The van der Waals surface area contributed by atoms with Crippen molar-refractivity contribution in [3.63, 3.8) is 0 Å². The summed E-state index contributed by atoms with van der Waals surface area (Å²) in [6, 6.07) is -4.96. The molecule has 2 saturated heterocycles. The average Bonchev–Trinajstić information content (AvgIpc) is 2.98. The fourth-order valence-electron chi connectivity index (χ4n) is 2.04. The van der Waals surface area contributed by atoms with Crippen molar-refractivity contribution in [3.05, 3.63) is 0 Å². The minimum Gasteiger partial charge on any atom is -0.369 e. The Hall–Kier alpha value is -0.580. The summed E-state index contributed by atoms with van der Waals surface area (Å²) in [7, 11) is 0. The molecule has 2 heterocycles. The number of ether oxygens (including phenoxy) is 4. The molecule has 3 atom stereocenters. The van der Waals surface area contributed by atoms with Crippen LogP contribution < -0.4 is 0 Å². The maximum atomic E-state index is 13.9. The molecule has 2 rings (SSSR count). The van der Waals surface area contributed by atoms with Gasteiger partial charge in [-0.1, -0.05) is 0 Å². The molecule has 0 N–H and O–H groups in total. The van der Waals surface area contributed by atoms with Gasteiger partial charge in [0, 0.05) is 19.6 Å². The second-order valence-corrected chi connectivity index (χ2v) is 4.76. The molecule has 124 valence electrons. The first-order valence-corrected chi connectivity index (χ1v) is 6.39. The lowest BCUT2D eigenvalue weighted by Crippen LogP contribution is -2.54. The first-order valence-electron chi connectivity index (χ1n) is 6.39. The van der Waals surface area contributed by atoms with Gasteiger partial charge < -0.3 is 9.47 Å². The van der Waals surface area contributed by atoms with Gasteiger partial charge >= 0.3 is 18.3 Å². The predicted octanol–water partition coefficient (Wildman–Crippen LogP) is 3.11. The quantitative estimate of drug-likeness (QED) is 0.575. The van der Waals surface area contributed by atoms with Gasteiger partial charge in [0.25, 0.3) is 0 Å².